The third-order valence-corrected chi connectivity index (χ3v) is 3.77. The molecule has 0 aromatic heterocycles. The summed E-state index contributed by atoms with van der Waals surface area (Å²) in [5.41, 5.74) is 2.12. The number of halogens is 1. The molecule has 5 heteroatoms. The van der Waals surface area contributed by atoms with Gasteiger partial charge in [-0.2, -0.15) is 0 Å². The number of carbonyl (C=O) groups is 1. The summed E-state index contributed by atoms with van der Waals surface area (Å²) in [7, 11) is 1.60. The second-order valence-corrected chi connectivity index (χ2v) is 5.69. The summed E-state index contributed by atoms with van der Waals surface area (Å²) in [6, 6.07) is 10.6. The first kappa shape index (κ1) is 14.7. The van der Waals surface area contributed by atoms with Crippen molar-refractivity contribution in [3.63, 3.8) is 0 Å². The van der Waals surface area contributed by atoms with Gasteiger partial charge < -0.3 is 14.8 Å². The Labute approximate surface area is 134 Å². The van der Waals surface area contributed by atoms with E-state index in [4.69, 9.17) is 21.1 Å². The second kappa shape index (κ2) is 5.89. The third kappa shape index (κ3) is 2.88. The van der Waals surface area contributed by atoms with E-state index in [-0.39, 0.29) is 12.0 Å². The lowest BCUT2D eigenvalue weighted by molar-refractivity contribution is 0.102. The van der Waals surface area contributed by atoms with Crippen LogP contribution in [0.5, 0.6) is 11.5 Å². The lowest BCUT2D eigenvalue weighted by Crippen LogP contribution is -2.14. The lowest BCUT2D eigenvalue weighted by atomic mass is 10.1. The maximum atomic E-state index is 12.5. The van der Waals surface area contributed by atoms with Crippen LogP contribution in [0.1, 0.15) is 22.8 Å². The molecule has 1 amide bonds. The van der Waals surface area contributed by atoms with E-state index < -0.39 is 0 Å². The molecule has 0 fully saturated rings. The molecular formula is C17H16ClNO3. The van der Waals surface area contributed by atoms with Gasteiger partial charge in [0, 0.05) is 22.7 Å². The van der Waals surface area contributed by atoms with E-state index in [1.54, 1.807) is 37.4 Å². The SMILES string of the molecule is COc1ccc(NC(=O)c2cc(Cl)cc3c2O[C@H](C)C3)cc1. The van der Waals surface area contributed by atoms with Crippen LogP contribution in [-0.2, 0) is 6.42 Å². The molecule has 0 aliphatic carbocycles. The fourth-order valence-electron chi connectivity index (χ4n) is 2.53. The average molecular weight is 318 g/mol. The molecule has 114 valence electrons. The van der Waals surface area contributed by atoms with Crippen molar-refractivity contribution in [2.24, 2.45) is 0 Å². The number of nitrogens with one attached hydrogen (secondary N) is 1. The highest BCUT2D eigenvalue weighted by atomic mass is 35.5. The highest BCUT2D eigenvalue weighted by molar-refractivity contribution is 6.31. The summed E-state index contributed by atoms with van der Waals surface area (Å²) in [6.45, 7) is 1.97. The van der Waals surface area contributed by atoms with Gasteiger partial charge >= 0.3 is 0 Å². The maximum absolute atomic E-state index is 12.5. The normalized spacial score (nSPS) is 15.9. The van der Waals surface area contributed by atoms with Crippen LogP contribution in [0.25, 0.3) is 0 Å². The summed E-state index contributed by atoms with van der Waals surface area (Å²) in [6.07, 6.45) is 0.819. The summed E-state index contributed by atoms with van der Waals surface area (Å²) < 4.78 is 10.8. The molecule has 1 aliphatic heterocycles. The highest BCUT2D eigenvalue weighted by Crippen LogP contribution is 2.35. The van der Waals surface area contributed by atoms with Gasteiger partial charge in [-0.05, 0) is 43.3 Å². The Morgan fingerprint density at radius 2 is 2.05 bits per heavy atom. The van der Waals surface area contributed by atoms with Crippen molar-refractivity contribution in [1.29, 1.82) is 0 Å². The number of benzene rings is 2. The summed E-state index contributed by atoms with van der Waals surface area (Å²) >= 11 is 6.11. The number of carbonyl (C=O) groups excluding carboxylic acids is 1. The van der Waals surface area contributed by atoms with E-state index in [2.05, 4.69) is 5.32 Å². The van der Waals surface area contributed by atoms with Gasteiger partial charge in [-0.25, -0.2) is 0 Å². The van der Waals surface area contributed by atoms with E-state index in [1.807, 2.05) is 13.0 Å². The smallest absolute Gasteiger partial charge is 0.259 e. The van der Waals surface area contributed by atoms with E-state index >= 15 is 0 Å². The monoisotopic (exact) mass is 317 g/mol. The van der Waals surface area contributed by atoms with Crippen molar-refractivity contribution >= 4 is 23.2 Å². The van der Waals surface area contributed by atoms with Crippen LogP contribution in [0.15, 0.2) is 36.4 Å². The Balaban J connectivity index is 1.86. The van der Waals surface area contributed by atoms with Crippen molar-refractivity contribution in [2.75, 3.05) is 12.4 Å². The number of amides is 1. The lowest BCUT2D eigenvalue weighted by Gasteiger charge is -2.11. The molecule has 0 saturated heterocycles. The van der Waals surface area contributed by atoms with Crippen molar-refractivity contribution in [2.45, 2.75) is 19.4 Å². The Kier molecular flexibility index (Phi) is 3.94. The first-order chi connectivity index (χ1) is 10.6. The Morgan fingerprint density at radius 1 is 1.32 bits per heavy atom. The quantitative estimate of drug-likeness (QED) is 0.933. The van der Waals surface area contributed by atoms with E-state index in [1.165, 1.54) is 0 Å². The van der Waals surface area contributed by atoms with Gasteiger partial charge in [0.05, 0.1) is 12.7 Å². The summed E-state index contributed by atoms with van der Waals surface area (Å²) in [4.78, 5) is 12.5. The minimum atomic E-state index is -0.238. The zero-order valence-corrected chi connectivity index (χ0v) is 13.1. The number of hydrogen-bond acceptors (Lipinski definition) is 3. The van der Waals surface area contributed by atoms with Gasteiger partial charge in [-0.15, -0.1) is 0 Å². The molecule has 3 rings (SSSR count). The van der Waals surface area contributed by atoms with Crippen molar-refractivity contribution in [3.8, 4) is 11.5 Å². The van der Waals surface area contributed by atoms with Gasteiger partial charge in [0.2, 0.25) is 0 Å². The standard InChI is InChI=1S/C17H16ClNO3/c1-10-7-11-8-12(18)9-15(16(11)22-10)17(20)19-13-3-5-14(21-2)6-4-13/h3-6,8-10H,7H2,1-2H3,(H,19,20)/t10-/m1/s1. The molecule has 0 radical (unpaired) electrons. The molecule has 1 N–H and O–H groups in total. The van der Waals surface area contributed by atoms with Crippen LogP contribution in [0.4, 0.5) is 5.69 Å². The second-order valence-electron chi connectivity index (χ2n) is 5.26. The Bertz CT molecular complexity index is 713. The molecule has 2 aromatic carbocycles. The zero-order chi connectivity index (χ0) is 15.7. The van der Waals surface area contributed by atoms with Crippen molar-refractivity contribution in [3.05, 3.63) is 52.5 Å². The van der Waals surface area contributed by atoms with Crippen LogP contribution in [0.2, 0.25) is 5.02 Å². The van der Waals surface area contributed by atoms with Crippen molar-refractivity contribution in [1.82, 2.24) is 0 Å². The molecule has 0 spiro atoms. The topological polar surface area (TPSA) is 47.6 Å². The summed E-state index contributed by atoms with van der Waals surface area (Å²) in [5, 5.41) is 3.39. The minimum Gasteiger partial charge on any atom is -0.497 e. The predicted molar refractivity (Wildman–Crippen MR) is 86.2 cm³/mol. The van der Waals surface area contributed by atoms with E-state index in [9.17, 15) is 4.79 Å². The number of ether oxygens (including phenoxy) is 2. The molecular weight excluding hydrogens is 302 g/mol. The van der Waals surface area contributed by atoms with Crippen LogP contribution in [-0.4, -0.2) is 19.1 Å². The molecule has 2 aromatic rings. The van der Waals surface area contributed by atoms with Crippen LogP contribution in [0, 0.1) is 0 Å². The molecule has 1 aliphatic rings. The van der Waals surface area contributed by atoms with Crippen LogP contribution < -0.4 is 14.8 Å². The maximum Gasteiger partial charge on any atom is 0.259 e. The van der Waals surface area contributed by atoms with Crippen LogP contribution in [0.3, 0.4) is 0 Å². The largest absolute Gasteiger partial charge is 0.497 e. The minimum absolute atomic E-state index is 0.0565. The molecule has 0 unspecified atom stereocenters. The summed E-state index contributed by atoms with van der Waals surface area (Å²) in [5.74, 6) is 1.12. The molecule has 1 heterocycles. The van der Waals surface area contributed by atoms with Gasteiger partial charge in [0.25, 0.3) is 5.91 Å². The molecule has 1 atom stereocenters. The molecule has 22 heavy (non-hydrogen) atoms. The fraction of sp³-hybridized carbons (Fsp3) is 0.235. The number of methoxy groups -OCH3 is 1. The average Bonchev–Trinajstić information content (AvgIpc) is 2.87. The van der Waals surface area contributed by atoms with Crippen LogP contribution >= 0.6 is 11.6 Å². The zero-order valence-electron chi connectivity index (χ0n) is 12.4. The number of fused-ring (bicyclic) bond motifs is 1. The first-order valence-corrected chi connectivity index (χ1v) is 7.39. The Hall–Kier alpha value is -2.20. The van der Waals surface area contributed by atoms with E-state index in [0.717, 1.165) is 17.7 Å². The molecule has 0 saturated carbocycles. The Morgan fingerprint density at radius 3 is 2.73 bits per heavy atom. The highest BCUT2D eigenvalue weighted by Gasteiger charge is 2.26. The predicted octanol–water partition coefficient (Wildman–Crippen LogP) is 3.92. The van der Waals surface area contributed by atoms with Gasteiger partial charge in [0.1, 0.15) is 17.6 Å². The number of anilines is 1. The van der Waals surface area contributed by atoms with Crippen molar-refractivity contribution < 1.29 is 14.3 Å². The van der Waals surface area contributed by atoms with Gasteiger partial charge in [0.15, 0.2) is 0 Å². The molecule has 4 nitrogen and oxygen atoms in total. The van der Waals surface area contributed by atoms with E-state index in [0.29, 0.717) is 22.0 Å². The van der Waals surface area contributed by atoms with Gasteiger partial charge in [-0.3, -0.25) is 4.79 Å². The third-order valence-electron chi connectivity index (χ3n) is 3.55. The van der Waals surface area contributed by atoms with Gasteiger partial charge in [-0.1, -0.05) is 11.6 Å². The number of hydrogen-bond donors (Lipinski definition) is 1. The first-order valence-electron chi connectivity index (χ1n) is 7.01. The number of rotatable bonds is 3. The fourth-order valence-corrected chi connectivity index (χ4v) is 2.78. The molecule has 0 bridgehead atoms.